The van der Waals surface area contributed by atoms with Crippen molar-refractivity contribution in [3.8, 4) is 17.2 Å². The smallest absolute Gasteiger partial charge is 0.343 e. The lowest BCUT2D eigenvalue weighted by Crippen LogP contribution is -2.10. The Bertz CT molecular complexity index is 1400. The summed E-state index contributed by atoms with van der Waals surface area (Å²) in [5.41, 5.74) is 0.542. The van der Waals surface area contributed by atoms with Gasteiger partial charge in [0.2, 0.25) is 11.2 Å². The van der Waals surface area contributed by atoms with Crippen LogP contribution in [0.25, 0.3) is 11.0 Å². The molecule has 0 N–H and O–H groups in total. The molecule has 4 aromatic rings. The average Bonchev–Trinajstić information content (AvgIpc) is 2.82. The summed E-state index contributed by atoms with van der Waals surface area (Å²) < 4.78 is 21.5. The molecular formula is C25H17ClO7. The maximum Gasteiger partial charge on any atom is 0.343 e. The number of esters is 2. The van der Waals surface area contributed by atoms with E-state index in [0.717, 1.165) is 0 Å². The number of carbonyl (C=O) groups is 2. The largest absolute Gasteiger partial charge is 0.465 e. The molecule has 7 nitrogen and oxygen atoms in total. The molecule has 166 valence electrons. The third-order valence-corrected chi connectivity index (χ3v) is 5.02. The Hall–Kier alpha value is -4.10. The molecule has 0 aliphatic carbocycles. The monoisotopic (exact) mass is 464 g/mol. The fourth-order valence-electron chi connectivity index (χ4n) is 3.10. The SMILES string of the molecule is COC(=O)c1ccc(Oc2c(C)oc3cc(OC(=O)c4ccc(Cl)cc4)ccc3c2=O)cc1. The van der Waals surface area contributed by atoms with Gasteiger partial charge in [-0.15, -0.1) is 0 Å². The molecule has 3 aromatic carbocycles. The van der Waals surface area contributed by atoms with Gasteiger partial charge in [-0.25, -0.2) is 9.59 Å². The van der Waals surface area contributed by atoms with Gasteiger partial charge in [0.1, 0.15) is 22.8 Å². The first-order chi connectivity index (χ1) is 15.9. The van der Waals surface area contributed by atoms with E-state index in [4.69, 9.17) is 25.5 Å². The molecule has 0 atom stereocenters. The second-order valence-corrected chi connectivity index (χ2v) is 7.43. The topological polar surface area (TPSA) is 92.0 Å². The van der Waals surface area contributed by atoms with E-state index in [0.29, 0.717) is 21.9 Å². The number of methoxy groups -OCH3 is 1. The fraction of sp³-hybridized carbons (Fsp3) is 0.0800. The summed E-state index contributed by atoms with van der Waals surface area (Å²) in [5.74, 6) is -0.219. The van der Waals surface area contributed by atoms with E-state index in [2.05, 4.69) is 4.74 Å². The Morgan fingerprint density at radius 1 is 0.848 bits per heavy atom. The third kappa shape index (κ3) is 4.73. The number of aryl methyl sites for hydroxylation is 1. The molecule has 0 aliphatic heterocycles. The highest BCUT2D eigenvalue weighted by molar-refractivity contribution is 6.30. The summed E-state index contributed by atoms with van der Waals surface area (Å²) in [6.45, 7) is 1.59. The molecule has 0 amide bonds. The Morgan fingerprint density at radius 3 is 2.12 bits per heavy atom. The van der Waals surface area contributed by atoms with Gasteiger partial charge in [-0.3, -0.25) is 4.79 Å². The van der Waals surface area contributed by atoms with Gasteiger partial charge in [0.05, 0.1) is 23.6 Å². The van der Waals surface area contributed by atoms with E-state index in [1.807, 2.05) is 0 Å². The van der Waals surface area contributed by atoms with Crippen LogP contribution in [0.5, 0.6) is 17.2 Å². The van der Waals surface area contributed by atoms with E-state index in [1.165, 1.54) is 37.4 Å². The van der Waals surface area contributed by atoms with Crippen molar-refractivity contribution in [2.75, 3.05) is 7.11 Å². The van der Waals surface area contributed by atoms with Gasteiger partial charge in [0, 0.05) is 11.1 Å². The summed E-state index contributed by atoms with van der Waals surface area (Å²) in [6.07, 6.45) is 0. The van der Waals surface area contributed by atoms with E-state index in [-0.39, 0.29) is 33.7 Å². The maximum atomic E-state index is 13.0. The van der Waals surface area contributed by atoms with Gasteiger partial charge in [0.15, 0.2) is 0 Å². The predicted octanol–water partition coefficient (Wildman–Crippen LogP) is 5.55. The molecule has 33 heavy (non-hydrogen) atoms. The molecule has 4 rings (SSSR count). The Labute approximate surface area is 193 Å². The first-order valence-corrected chi connectivity index (χ1v) is 10.1. The van der Waals surface area contributed by atoms with Gasteiger partial charge in [-0.2, -0.15) is 0 Å². The number of carbonyl (C=O) groups excluding carboxylic acids is 2. The second-order valence-electron chi connectivity index (χ2n) is 6.99. The Kier molecular flexibility index (Phi) is 6.15. The fourth-order valence-corrected chi connectivity index (χ4v) is 3.22. The number of ether oxygens (including phenoxy) is 3. The Morgan fingerprint density at radius 2 is 1.45 bits per heavy atom. The van der Waals surface area contributed by atoms with Crippen molar-refractivity contribution in [2.24, 2.45) is 0 Å². The van der Waals surface area contributed by atoms with E-state index in [1.54, 1.807) is 43.3 Å². The van der Waals surface area contributed by atoms with Crippen molar-refractivity contribution in [3.05, 3.63) is 98.9 Å². The molecule has 0 unspecified atom stereocenters. The summed E-state index contributed by atoms with van der Waals surface area (Å²) in [7, 11) is 1.29. The van der Waals surface area contributed by atoms with Crippen LogP contribution in [0.4, 0.5) is 0 Å². The first kappa shape index (κ1) is 22.1. The highest BCUT2D eigenvalue weighted by Gasteiger charge is 2.16. The summed E-state index contributed by atoms with van der Waals surface area (Å²) in [4.78, 5) is 36.9. The van der Waals surface area contributed by atoms with E-state index < -0.39 is 11.9 Å². The van der Waals surface area contributed by atoms with Crippen LogP contribution in [0.1, 0.15) is 26.5 Å². The summed E-state index contributed by atoms with van der Waals surface area (Å²) in [5, 5.41) is 0.764. The predicted molar refractivity (Wildman–Crippen MR) is 121 cm³/mol. The molecule has 0 bridgehead atoms. The number of hydrogen-bond donors (Lipinski definition) is 0. The lowest BCUT2D eigenvalue weighted by atomic mass is 10.2. The third-order valence-electron chi connectivity index (χ3n) is 4.77. The highest BCUT2D eigenvalue weighted by Crippen LogP contribution is 2.28. The number of rotatable bonds is 5. The standard InChI is InChI=1S/C25H17ClO7/c1-14-23(32-18-9-5-15(6-10-18)24(28)30-2)22(27)20-12-11-19(13-21(20)31-14)33-25(29)16-3-7-17(26)8-4-16/h3-13H,1-2H3. The van der Waals surface area contributed by atoms with Gasteiger partial charge in [-0.05, 0) is 67.6 Å². The van der Waals surface area contributed by atoms with Crippen LogP contribution in [0.15, 0.2) is 75.9 Å². The van der Waals surface area contributed by atoms with Crippen molar-refractivity contribution in [3.63, 3.8) is 0 Å². The zero-order valence-electron chi connectivity index (χ0n) is 17.6. The van der Waals surface area contributed by atoms with Crippen LogP contribution < -0.4 is 14.9 Å². The van der Waals surface area contributed by atoms with Gasteiger partial charge in [0.25, 0.3) is 0 Å². The van der Waals surface area contributed by atoms with Crippen molar-refractivity contribution in [1.29, 1.82) is 0 Å². The molecule has 0 radical (unpaired) electrons. The molecule has 0 aliphatic rings. The minimum Gasteiger partial charge on any atom is -0.465 e. The second kappa shape index (κ2) is 9.18. The number of fused-ring (bicyclic) bond motifs is 1. The number of benzene rings is 3. The quantitative estimate of drug-likeness (QED) is 0.282. The minimum absolute atomic E-state index is 0.0132. The molecule has 1 aromatic heterocycles. The van der Waals surface area contributed by atoms with Crippen LogP contribution in [0.3, 0.4) is 0 Å². The van der Waals surface area contributed by atoms with Gasteiger partial charge in [-0.1, -0.05) is 11.6 Å². The lowest BCUT2D eigenvalue weighted by molar-refractivity contribution is 0.0600. The number of halogens is 1. The van der Waals surface area contributed by atoms with E-state index in [9.17, 15) is 14.4 Å². The normalized spacial score (nSPS) is 10.6. The maximum absolute atomic E-state index is 13.0. The van der Waals surface area contributed by atoms with Crippen molar-refractivity contribution in [2.45, 2.75) is 6.92 Å². The molecule has 1 heterocycles. The summed E-state index contributed by atoms with van der Waals surface area (Å²) >= 11 is 5.84. The van der Waals surface area contributed by atoms with Gasteiger partial charge >= 0.3 is 11.9 Å². The van der Waals surface area contributed by atoms with Crippen LogP contribution in [-0.2, 0) is 4.74 Å². The molecule has 0 saturated heterocycles. The van der Waals surface area contributed by atoms with Gasteiger partial charge < -0.3 is 18.6 Å². The van der Waals surface area contributed by atoms with Crippen LogP contribution in [0, 0.1) is 6.92 Å². The first-order valence-electron chi connectivity index (χ1n) is 9.77. The van der Waals surface area contributed by atoms with Crippen LogP contribution in [-0.4, -0.2) is 19.0 Å². The van der Waals surface area contributed by atoms with Crippen molar-refractivity contribution < 1.29 is 28.2 Å². The molecule has 0 spiro atoms. The molecule has 8 heteroatoms. The minimum atomic E-state index is -0.569. The average molecular weight is 465 g/mol. The summed E-state index contributed by atoms with van der Waals surface area (Å²) in [6, 6.07) is 16.9. The van der Waals surface area contributed by atoms with Crippen molar-refractivity contribution in [1.82, 2.24) is 0 Å². The molecule has 0 saturated carbocycles. The van der Waals surface area contributed by atoms with Crippen LogP contribution >= 0.6 is 11.6 Å². The molecule has 0 fully saturated rings. The number of hydrogen-bond acceptors (Lipinski definition) is 7. The highest BCUT2D eigenvalue weighted by atomic mass is 35.5. The lowest BCUT2D eigenvalue weighted by Gasteiger charge is -2.10. The zero-order valence-corrected chi connectivity index (χ0v) is 18.3. The van der Waals surface area contributed by atoms with E-state index >= 15 is 0 Å². The zero-order chi connectivity index (χ0) is 23.5. The van der Waals surface area contributed by atoms with Crippen molar-refractivity contribution >= 4 is 34.5 Å². The van der Waals surface area contributed by atoms with Crippen LogP contribution in [0.2, 0.25) is 5.02 Å². The molecular weight excluding hydrogens is 448 g/mol. The Balaban J connectivity index is 1.59.